The third-order valence-corrected chi connectivity index (χ3v) is 9.26. The van der Waals surface area contributed by atoms with Gasteiger partial charge < -0.3 is 20.0 Å². The third-order valence-electron chi connectivity index (χ3n) is 4.75. The Morgan fingerprint density at radius 1 is 1.29 bits per heavy atom. The smallest absolute Gasteiger partial charge is 0.408 e. The monoisotopic (exact) mass is 409 g/mol. The van der Waals surface area contributed by atoms with Crippen LogP contribution in [0.4, 0.5) is 9.18 Å². The van der Waals surface area contributed by atoms with Crippen LogP contribution in [-0.2, 0) is 20.6 Å². The van der Waals surface area contributed by atoms with Crippen molar-refractivity contribution in [3.8, 4) is 0 Å². The summed E-state index contributed by atoms with van der Waals surface area (Å²) >= 11 is 0. The number of hydrogen-bond acceptors (Lipinski definition) is 4. The van der Waals surface area contributed by atoms with Gasteiger partial charge in [0.15, 0.2) is 8.32 Å². The second-order valence-electron chi connectivity index (χ2n) is 7.90. The zero-order valence-corrected chi connectivity index (χ0v) is 17.9. The number of Topliss-reactive ketones (excluding diaryl/α,β-unsaturated/α-hetero) is 1. The summed E-state index contributed by atoms with van der Waals surface area (Å²) in [5.41, 5.74) is 9.43. The fraction of sp³-hybridized carbons (Fsp3) is 0.526. The number of halogens is 1. The second-order valence-corrected chi connectivity index (χ2v) is 12.7. The Morgan fingerprint density at radius 3 is 2.39 bits per heavy atom. The minimum Gasteiger partial charge on any atom is -0.445 e. The summed E-state index contributed by atoms with van der Waals surface area (Å²) in [7, 11) is -2.43. The molecule has 0 aliphatic carbocycles. The summed E-state index contributed by atoms with van der Waals surface area (Å²) in [5, 5.41) is 2.11. The maximum atomic E-state index is 13.8. The predicted molar refractivity (Wildman–Crippen MR) is 106 cm³/mol. The van der Waals surface area contributed by atoms with E-state index in [1.54, 1.807) is 24.3 Å². The lowest BCUT2D eigenvalue weighted by molar-refractivity contribution is -0.120. The Labute approximate surface area is 166 Å². The second kappa shape index (κ2) is 10.3. The highest BCUT2D eigenvalue weighted by Gasteiger charge is 2.43. The zero-order valence-electron chi connectivity index (χ0n) is 16.9. The molecule has 1 aromatic carbocycles. The molecular formula is C19H28FN3O4Si. The van der Waals surface area contributed by atoms with Gasteiger partial charge in [0, 0.05) is 0 Å². The van der Waals surface area contributed by atoms with Gasteiger partial charge in [-0.2, -0.15) is 4.79 Å². The summed E-state index contributed by atoms with van der Waals surface area (Å²) in [6, 6.07) is 7.60. The van der Waals surface area contributed by atoms with Gasteiger partial charge >= 0.3 is 12.3 Å². The van der Waals surface area contributed by atoms with Crippen molar-refractivity contribution in [2.75, 3.05) is 6.67 Å². The molecule has 1 N–H and O–H groups in total. The molecule has 0 radical (unpaired) electrons. The van der Waals surface area contributed by atoms with Crippen molar-refractivity contribution in [1.29, 1.82) is 0 Å². The average Bonchev–Trinajstić information content (AvgIpc) is 2.62. The zero-order chi connectivity index (χ0) is 21.4. The molecule has 1 amide bonds. The van der Waals surface area contributed by atoms with Gasteiger partial charge in [-0.15, -0.1) is 0 Å². The van der Waals surface area contributed by atoms with Crippen LogP contribution in [-0.4, -0.2) is 50.0 Å². The van der Waals surface area contributed by atoms with Crippen LogP contribution in [0, 0.1) is 0 Å². The number of ether oxygens (including phenoxy) is 1. The molecule has 0 fully saturated rings. The van der Waals surface area contributed by atoms with E-state index in [4.69, 9.17) is 14.7 Å². The van der Waals surface area contributed by atoms with Crippen LogP contribution in [0.2, 0.25) is 18.1 Å². The Hall–Kier alpha value is -2.35. The molecule has 9 heteroatoms. The van der Waals surface area contributed by atoms with Gasteiger partial charge in [0.25, 0.3) is 5.78 Å². The van der Waals surface area contributed by atoms with E-state index in [0.29, 0.717) is 6.21 Å². The van der Waals surface area contributed by atoms with Crippen molar-refractivity contribution in [2.24, 2.45) is 0 Å². The van der Waals surface area contributed by atoms with Gasteiger partial charge in [-0.3, -0.25) is 4.79 Å². The summed E-state index contributed by atoms with van der Waals surface area (Å²) < 4.78 is 24.9. The van der Waals surface area contributed by atoms with Gasteiger partial charge in [0.2, 0.25) is 0 Å². The van der Waals surface area contributed by atoms with Crippen LogP contribution in [0.25, 0.3) is 5.53 Å². The van der Waals surface area contributed by atoms with Crippen LogP contribution in [0.3, 0.4) is 0 Å². The van der Waals surface area contributed by atoms with E-state index in [2.05, 4.69) is 10.1 Å². The summed E-state index contributed by atoms with van der Waals surface area (Å²) in [6.07, 6.45) is -1.51. The number of carbonyl (C=O) groups is 2. The van der Waals surface area contributed by atoms with Crippen molar-refractivity contribution in [1.82, 2.24) is 5.32 Å². The molecule has 0 bridgehead atoms. The Bertz CT molecular complexity index is 716. The van der Waals surface area contributed by atoms with Gasteiger partial charge in [-0.25, -0.2) is 9.18 Å². The third kappa shape index (κ3) is 6.99. The van der Waals surface area contributed by atoms with Gasteiger partial charge in [0.1, 0.15) is 25.4 Å². The number of alkyl carbamates (subject to hydrolysis) is 1. The van der Waals surface area contributed by atoms with Crippen LogP contribution in [0.5, 0.6) is 0 Å². The topological polar surface area (TPSA) is 101 Å². The highest BCUT2D eigenvalue weighted by Crippen LogP contribution is 2.37. The molecule has 1 rings (SSSR count). The van der Waals surface area contributed by atoms with Gasteiger partial charge in [0.05, 0.1) is 0 Å². The molecule has 0 aliphatic heterocycles. The standard InChI is InChI=1S/C19H28FN3O4Si/c1-19(2,3)28(4,5)27-16(11-20)17(15(24)12-22-21)23-18(25)26-13-14-9-7-6-8-10-14/h6-10,12,16-17H,11,13H2,1-5H3,(H,23,25)/t16-,17-/m1/s1. The number of rotatable bonds is 9. The molecule has 0 saturated carbocycles. The first-order valence-electron chi connectivity index (χ1n) is 8.94. The van der Waals surface area contributed by atoms with E-state index in [9.17, 15) is 14.0 Å². The van der Waals surface area contributed by atoms with Crippen molar-refractivity contribution >= 4 is 26.4 Å². The number of hydrogen-bond donors (Lipinski definition) is 1. The Kier molecular flexibility index (Phi) is 8.68. The molecule has 0 unspecified atom stereocenters. The number of ketones is 1. The van der Waals surface area contributed by atoms with Crippen molar-refractivity contribution in [3.05, 3.63) is 41.4 Å². The molecule has 0 aliphatic rings. The van der Waals surface area contributed by atoms with E-state index in [-0.39, 0.29) is 11.6 Å². The highest BCUT2D eigenvalue weighted by atomic mass is 28.4. The number of benzene rings is 1. The molecule has 154 valence electrons. The first-order valence-corrected chi connectivity index (χ1v) is 11.8. The van der Waals surface area contributed by atoms with Crippen LogP contribution in [0.1, 0.15) is 26.3 Å². The number of nitrogens with zero attached hydrogens (tertiary/aromatic N) is 2. The highest BCUT2D eigenvalue weighted by molar-refractivity contribution is 6.74. The lowest BCUT2D eigenvalue weighted by Crippen LogP contribution is -2.56. The molecule has 0 spiro atoms. The van der Waals surface area contributed by atoms with E-state index in [1.165, 1.54) is 0 Å². The van der Waals surface area contributed by atoms with Crippen molar-refractivity contribution in [2.45, 2.75) is 57.7 Å². The molecule has 0 aromatic heterocycles. The quantitative estimate of drug-likeness (QED) is 0.292. The maximum Gasteiger partial charge on any atom is 0.408 e. The van der Waals surface area contributed by atoms with Crippen molar-refractivity contribution < 1.29 is 27.9 Å². The fourth-order valence-corrected chi connectivity index (χ4v) is 3.43. The lowest BCUT2D eigenvalue weighted by atomic mass is 10.1. The number of carbonyl (C=O) groups excluding carboxylic acids is 2. The molecular weight excluding hydrogens is 381 g/mol. The van der Waals surface area contributed by atoms with Crippen LogP contribution < -0.4 is 5.32 Å². The molecule has 0 heterocycles. The largest absolute Gasteiger partial charge is 0.445 e. The van der Waals surface area contributed by atoms with Gasteiger partial charge in [-0.05, 0) is 23.7 Å². The normalized spacial score (nSPS) is 13.8. The molecule has 28 heavy (non-hydrogen) atoms. The Morgan fingerprint density at radius 2 is 1.89 bits per heavy atom. The van der Waals surface area contributed by atoms with E-state index in [1.807, 2.05) is 39.9 Å². The summed E-state index contributed by atoms with van der Waals surface area (Å²) in [6.45, 7) is 8.73. The van der Waals surface area contributed by atoms with Crippen LogP contribution >= 0.6 is 0 Å². The number of alkyl halides is 1. The van der Waals surface area contributed by atoms with Crippen molar-refractivity contribution in [3.63, 3.8) is 0 Å². The van der Waals surface area contributed by atoms with E-state index in [0.717, 1.165) is 5.56 Å². The molecule has 1 aromatic rings. The Balaban J connectivity index is 2.92. The van der Waals surface area contributed by atoms with E-state index >= 15 is 0 Å². The van der Waals surface area contributed by atoms with Gasteiger partial charge in [-0.1, -0.05) is 51.1 Å². The molecule has 7 nitrogen and oxygen atoms in total. The molecule has 0 saturated heterocycles. The average molecular weight is 410 g/mol. The first kappa shape index (κ1) is 23.7. The minimum atomic E-state index is -2.43. The first-order chi connectivity index (χ1) is 13.0. The maximum absolute atomic E-state index is 13.8. The SMILES string of the molecule is CC(C)(C)[Si](C)(C)O[C@H](CF)[C@H](NC(=O)OCc1ccccc1)C(=O)C=[N+]=[N-]. The number of nitrogens with one attached hydrogen (secondary N) is 1. The fourth-order valence-electron chi connectivity index (χ4n) is 2.12. The lowest BCUT2D eigenvalue weighted by Gasteiger charge is -2.40. The summed E-state index contributed by atoms with van der Waals surface area (Å²) in [4.78, 5) is 27.1. The van der Waals surface area contributed by atoms with E-state index < -0.39 is 39.0 Å². The number of amides is 1. The molecule has 2 atom stereocenters. The minimum absolute atomic E-state index is 0.00887. The predicted octanol–water partition coefficient (Wildman–Crippen LogP) is 3.51. The summed E-state index contributed by atoms with van der Waals surface area (Å²) in [5.74, 6) is -0.791. The van der Waals surface area contributed by atoms with Crippen LogP contribution in [0.15, 0.2) is 30.3 Å².